The summed E-state index contributed by atoms with van der Waals surface area (Å²) in [7, 11) is 1.75. The van der Waals surface area contributed by atoms with Crippen LogP contribution in [0, 0.1) is 5.41 Å². The van der Waals surface area contributed by atoms with Gasteiger partial charge in [-0.15, -0.1) is 0 Å². The molecule has 0 saturated heterocycles. The molecule has 8 nitrogen and oxygen atoms in total. The van der Waals surface area contributed by atoms with Gasteiger partial charge in [-0.05, 0) is 24.0 Å². The van der Waals surface area contributed by atoms with Crippen molar-refractivity contribution in [3.8, 4) is 0 Å². The molecule has 0 bridgehead atoms. The Balaban J connectivity index is 1.74. The number of fused-ring (bicyclic) bond motifs is 1. The van der Waals surface area contributed by atoms with Gasteiger partial charge in [-0.1, -0.05) is 32.9 Å². The van der Waals surface area contributed by atoms with Crippen LogP contribution in [0.15, 0.2) is 33.8 Å². The molecule has 0 aliphatic carbocycles. The van der Waals surface area contributed by atoms with E-state index in [4.69, 9.17) is 4.98 Å². The second-order valence-electron chi connectivity index (χ2n) is 8.40. The van der Waals surface area contributed by atoms with Crippen LogP contribution in [0.1, 0.15) is 56.2 Å². The van der Waals surface area contributed by atoms with Crippen LogP contribution in [0.4, 0.5) is 0 Å². The highest BCUT2D eigenvalue weighted by molar-refractivity contribution is 5.91. The Labute approximate surface area is 163 Å². The predicted molar refractivity (Wildman–Crippen MR) is 106 cm³/mol. The van der Waals surface area contributed by atoms with E-state index in [0.717, 1.165) is 17.6 Å². The summed E-state index contributed by atoms with van der Waals surface area (Å²) in [6, 6.07) is 5.46. The zero-order valence-corrected chi connectivity index (χ0v) is 17.0. The lowest BCUT2D eigenvalue weighted by Gasteiger charge is -2.18. The number of carbonyl (C=O) groups is 1. The number of amides is 1. The first-order valence-electron chi connectivity index (χ1n) is 9.42. The summed E-state index contributed by atoms with van der Waals surface area (Å²) in [6.07, 6.45) is 2.09. The number of imidazole rings is 1. The molecule has 150 valence electrons. The Morgan fingerprint density at radius 2 is 2.04 bits per heavy atom. The molecule has 0 unspecified atom stereocenters. The molecule has 28 heavy (non-hydrogen) atoms. The summed E-state index contributed by atoms with van der Waals surface area (Å²) in [5.74, 6) is -0.130. The highest BCUT2D eigenvalue weighted by Crippen LogP contribution is 2.22. The molecular formula is C20H27N5O3. The molecule has 3 heterocycles. The number of aromatic nitrogens is 4. The lowest BCUT2D eigenvalue weighted by molar-refractivity contribution is 0.0943. The van der Waals surface area contributed by atoms with Crippen LogP contribution < -0.4 is 11.0 Å². The van der Waals surface area contributed by atoms with Gasteiger partial charge in [0, 0.05) is 37.8 Å². The third-order valence-electron chi connectivity index (χ3n) is 4.67. The SMILES string of the molecule is C[C@@H](CCNC(=O)c1ccon1)c1ccc2c(n1)n(C)c(=O)n2CC(C)(C)C. The van der Waals surface area contributed by atoms with Gasteiger partial charge in [0.05, 0.1) is 5.52 Å². The van der Waals surface area contributed by atoms with Gasteiger partial charge in [-0.2, -0.15) is 0 Å². The van der Waals surface area contributed by atoms with E-state index in [2.05, 4.69) is 42.7 Å². The molecule has 0 aliphatic heterocycles. The van der Waals surface area contributed by atoms with Crippen molar-refractivity contribution in [2.75, 3.05) is 6.54 Å². The number of aryl methyl sites for hydroxylation is 1. The van der Waals surface area contributed by atoms with E-state index in [9.17, 15) is 9.59 Å². The fraction of sp³-hybridized carbons (Fsp3) is 0.500. The minimum absolute atomic E-state index is 0.00781. The summed E-state index contributed by atoms with van der Waals surface area (Å²) >= 11 is 0. The largest absolute Gasteiger partial charge is 0.364 e. The van der Waals surface area contributed by atoms with Gasteiger partial charge >= 0.3 is 5.69 Å². The Morgan fingerprint density at radius 1 is 1.29 bits per heavy atom. The first-order chi connectivity index (χ1) is 13.2. The summed E-state index contributed by atoms with van der Waals surface area (Å²) in [4.78, 5) is 29.3. The lowest BCUT2D eigenvalue weighted by Crippen LogP contribution is -2.27. The fourth-order valence-corrected chi connectivity index (χ4v) is 3.16. The fourth-order valence-electron chi connectivity index (χ4n) is 3.16. The molecular weight excluding hydrogens is 358 g/mol. The molecule has 1 N–H and O–H groups in total. The Hall–Kier alpha value is -2.90. The monoisotopic (exact) mass is 385 g/mol. The van der Waals surface area contributed by atoms with Crippen molar-refractivity contribution in [1.82, 2.24) is 24.6 Å². The number of rotatable bonds is 6. The van der Waals surface area contributed by atoms with E-state index in [1.165, 1.54) is 12.3 Å². The molecule has 3 aromatic heterocycles. The average Bonchev–Trinajstić information content (AvgIpc) is 3.24. The maximum atomic E-state index is 12.6. The number of carbonyl (C=O) groups excluding carboxylic acids is 1. The third kappa shape index (κ3) is 4.16. The van der Waals surface area contributed by atoms with Crippen molar-refractivity contribution < 1.29 is 9.32 Å². The van der Waals surface area contributed by atoms with Gasteiger partial charge in [0.2, 0.25) is 0 Å². The van der Waals surface area contributed by atoms with E-state index in [1.54, 1.807) is 16.2 Å². The van der Waals surface area contributed by atoms with Crippen molar-refractivity contribution in [3.63, 3.8) is 0 Å². The third-order valence-corrected chi connectivity index (χ3v) is 4.67. The quantitative estimate of drug-likeness (QED) is 0.704. The van der Waals surface area contributed by atoms with Crippen LogP contribution in [0.2, 0.25) is 0 Å². The molecule has 1 amide bonds. The molecule has 0 radical (unpaired) electrons. The second-order valence-corrected chi connectivity index (χ2v) is 8.40. The predicted octanol–water partition coefficient (Wildman–Crippen LogP) is 2.69. The maximum absolute atomic E-state index is 12.6. The Kier molecular flexibility index (Phi) is 5.40. The number of nitrogens with zero attached hydrogens (tertiary/aromatic N) is 4. The summed E-state index contributed by atoms with van der Waals surface area (Å²) in [5.41, 5.74) is 2.63. The zero-order valence-electron chi connectivity index (χ0n) is 17.0. The van der Waals surface area contributed by atoms with Crippen LogP contribution in [0.3, 0.4) is 0 Å². The van der Waals surface area contributed by atoms with Crippen LogP contribution in [-0.2, 0) is 13.6 Å². The van der Waals surface area contributed by atoms with E-state index in [-0.39, 0.29) is 28.6 Å². The lowest BCUT2D eigenvalue weighted by atomic mass is 9.97. The van der Waals surface area contributed by atoms with Crippen molar-refractivity contribution in [2.24, 2.45) is 12.5 Å². The number of nitrogens with one attached hydrogen (secondary N) is 1. The zero-order chi connectivity index (χ0) is 20.5. The van der Waals surface area contributed by atoms with Gasteiger partial charge in [0.25, 0.3) is 5.91 Å². The molecule has 1 atom stereocenters. The first-order valence-corrected chi connectivity index (χ1v) is 9.42. The van der Waals surface area contributed by atoms with Crippen LogP contribution in [0.5, 0.6) is 0 Å². The van der Waals surface area contributed by atoms with Gasteiger partial charge in [0.15, 0.2) is 11.3 Å². The van der Waals surface area contributed by atoms with Gasteiger partial charge in [-0.3, -0.25) is 13.9 Å². The van der Waals surface area contributed by atoms with Gasteiger partial charge in [-0.25, -0.2) is 9.78 Å². The van der Waals surface area contributed by atoms with E-state index in [1.807, 2.05) is 12.1 Å². The maximum Gasteiger partial charge on any atom is 0.330 e. The smallest absolute Gasteiger partial charge is 0.330 e. The minimum atomic E-state index is -0.258. The Bertz CT molecular complexity index is 1020. The standard InChI is InChI=1S/C20H27N5O3/c1-13(8-10-21-18(26)15-9-11-28-23-15)14-6-7-16-17(22-14)24(5)19(27)25(16)12-20(2,3)4/h6-7,9,11,13H,8,10,12H2,1-5H3,(H,21,26)/t13-/m0/s1. The van der Waals surface area contributed by atoms with Crippen LogP contribution in [0.25, 0.3) is 11.2 Å². The van der Waals surface area contributed by atoms with Crippen molar-refractivity contribution in [3.05, 3.63) is 46.3 Å². The average molecular weight is 385 g/mol. The van der Waals surface area contributed by atoms with E-state index in [0.29, 0.717) is 18.7 Å². The topological polar surface area (TPSA) is 95.0 Å². The molecule has 0 fully saturated rings. The van der Waals surface area contributed by atoms with Crippen LogP contribution >= 0.6 is 0 Å². The van der Waals surface area contributed by atoms with Crippen molar-refractivity contribution >= 4 is 17.1 Å². The molecule has 0 aromatic carbocycles. The first kappa shape index (κ1) is 19.9. The molecule has 3 aromatic rings. The molecule has 3 rings (SSSR count). The van der Waals surface area contributed by atoms with E-state index >= 15 is 0 Å². The highest BCUT2D eigenvalue weighted by atomic mass is 16.5. The number of pyridine rings is 1. The van der Waals surface area contributed by atoms with Crippen molar-refractivity contribution in [2.45, 2.75) is 46.6 Å². The summed E-state index contributed by atoms with van der Waals surface area (Å²) < 4.78 is 8.06. The summed E-state index contributed by atoms with van der Waals surface area (Å²) in [5, 5.41) is 6.44. The van der Waals surface area contributed by atoms with Crippen molar-refractivity contribution in [1.29, 1.82) is 0 Å². The number of hydrogen-bond acceptors (Lipinski definition) is 5. The second kappa shape index (κ2) is 7.61. The molecule has 0 saturated carbocycles. The van der Waals surface area contributed by atoms with E-state index < -0.39 is 0 Å². The Morgan fingerprint density at radius 3 is 2.68 bits per heavy atom. The normalized spacial score (nSPS) is 13.0. The van der Waals surface area contributed by atoms with Gasteiger partial charge in [0.1, 0.15) is 6.26 Å². The highest BCUT2D eigenvalue weighted by Gasteiger charge is 2.19. The summed E-state index contributed by atoms with van der Waals surface area (Å²) in [6.45, 7) is 9.51. The number of hydrogen-bond donors (Lipinski definition) is 1. The molecule has 8 heteroatoms. The molecule has 0 spiro atoms. The van der Waals surface area contributed by atoms with Gasteiger partial charge < -0.3 is 9.84 Å². The minimum Gasteiger partial charge on any atom is -0.364 e. The molecule has 0 aliphatic rings. The van der Waals surface area contributed by atoms with Crippen LogP contribution in [-0.4, -0.2) is 31.7 Å².